The zero-order chi connectivity index (χ0) is 28.2. The van der Waals surface area contributed by atoms with Gasteiger partial charge in [-0.15, -0.1) is 0 Å². The normalized spacial score (nSPS) is 13.1. The Hall–Kier alpha value is 0.1000. The Labute approximate surface area is 246 Å². The van der Waals surface area contributed by atoms with E-state index in [-0.39, 0.29) is 37.6 Å². The van der Waals surface area contributed by atoms with Crippen molar-refractivity contribution in [1.82, 2.24) is 0 Å². The van der Waals surface area contributed by atoms with Crippen LogP contribution in [0.3, 0.4) is 0 Å². The van der Waals surface area contributed by atoms with Gasteiger partial charge >= 0.3 is 45.9 Å². The van der Waals surface area contributed by atoms with Gasteiger partial charge in [0.2, 0.25) is 0 Å². The van der Waals surface area contributed by atoms with Gasteiger partial charge in [-0.25, -0.2) is 8.98 Å². The molecular weight excluding hydrogens is 523 g/mol. The monoisotopic (exact) mass is 574 g/mol. The number of carbonyl (C=O) groups is 1. The number of aliphatic hydroxyl groups excluding tert-OH is 6. The number of hydrogen-bond donors (Lipinski definition) is 6. The van der Waals surface area contributed by atoms with Crippen molar-refractivity contribution in [2.75, 3.05) is 39.6 Å². The molecule has 37 heavy (non-hydrogen) atoms. The van der Waals surface area contributed by atoms with Gasteiger partial charge in [0, 0.05) is 13.2 Å². The molecule has 14 heteroatoms. The molecule has 0 bridgehead atoms. The molecule has 0 radical (unpaired) electrons. The van der Waals surface area contributed by atoms with Gasteiger partial charge in [0.25, 0.3) is 0 Å². The van der Waals surface area contributed by atoms with Crippen LogP contribution in [-0.4, -0.2) is 103 Å². The van der Waals surface area contributed by atoms with E-state index in [2.05, 4.69) is 15.3 Å². The molecule has 0 aliphatic heterocycles. The second-order valence-electron chi connectivity index (χ2n) is 7.79. The molecule has 0 amide bonds. The first-order valence-electron chi connectivity index (χ1n) is 12.6. The summed E-state index contributed by atoms with van der Waals surface area (Å²) >= 11 is 0. The summed E-state index contributed by atoms with van der Waals surface area (Å²) in [5.74, 6) is -1.45. The third kappa shape index (κ3) is 34.1. The van der Waals surface area contributed by atoms with Crippen molar-refractivity contribution in [1.29, 1.82) is 0 Å². The first-order valence-corrected chi connectivity index (χ1v) is 14.0. The van der Waals surface area contributed by atoms with Crippen LogP contribution in [0.2, 0.25) is 0 Å². The Kier molecular flexibility index (Phi) is 38.5. The molecule has 12 nitrogen and oxygen atoms in total. The number of unbranched alkanes of at least 4 members (excludes halogenated alkanes) is 9. The summed E-state index contributed by atoms with van der Waals surface area (Å²) < 4.78 is 35.8. The van der Waals surface area contributed by atoms with Gasteiger partial charge < -0.3 is 41.0 Å². The molecular formula is C23H51NaO12S. The Balaban J connectivity index is -0.000000200. The summed E-state index contributed by atoms with van der Waals surface area (Å²) in [6.45, 7) is 5.83. The van der Waals surface area contributed by atoms with E-state index >= 15 is 0 Å². The molecule has 0 aliphatic carbocycles. The molecule has 0 spiro atoms. The summed E-state index contributed by atoms with van der Waals surface area (Å²) in [4.78, 5) is 11.0. The molecule has 0 aromatic rings. The molecule has 3 atom stereocenters. The van der Waals surface area contributed by atoms with Gasteiger partial charge in [0.05, 0.1) is 26.4 Å². The van der Waals surface area contributed by atoms with Gasteiger partial charge in [0.1, 0.15) is 12.2 Å². The van der Waals surface area contributed by atoms with Crippen molar-refractivity contribution in [3.05, 3.63) is 0 Å². The fourth-order valence-corrected chi connectivity index (χ4v) is 3.14. The van der Waals surface area contributed by atoms with Crippen molar-refractivity contribution in [2.45, 2.75) is 103 Å². The van der Waals surface area contributed by atoms with Crippen LogP contribution >= 0.6 is 0 Å². The Morgan fingerprint density at radius 2 is 1.14 bits per heavy atom. The minimum absolute atomic E-state index is 0. The molecule has 0 saturated heterocycles. The zero-order valence-corrected chi connectivity index (χ0v) is 25.9. The van der Waals surface area contributed by atoms with Crippen LogP contribution in [0.5, 0.6) is 0 Å². The van der Waals surface area contributed by atoms with Gasteiger partial charge in [-0.3, -0.25) is 0 Å². The molecule has 6 N–H and O–H groups in total. The van der Waals surface area contributed by atoms with E-state index in [1.54, 1.807) is 0 Å². The molecule has 0 aromatic carbocycles. The van der Waals surface area contributed by atoms with E-state index < -0.39 is 54.5 Å². The maximum atomic E-state index is 11.3. The van der Waals surface area contributed by atoms with Gasteiger partial charge in [-0.05, 0) is 20.3 Å². The second-order valence-corrected chi connectivity index (χ2v) is 9.01. The number of hydrogen-bond acceptors (Lipinski definition) is 12. The second kappa shape index (κ2) is 32.3. The molecule has 0 fully saturated rings. The van der Waals surface area contributed by atoms with Crippen molar-refractivity contribution in [3.8, 4) is 0 Å². The Morgan fingerprint density at radius 1 is 0.730 bits per heavy atom. The molecule has 0 aromatic heterocycles. The SMILES string of the molecule is CCCCCCCCCCCCOS(=O)(=O)OC(=O)C(O)CO.CCOCC.OCC(O)C(O)CO.[H-].[Na+]. The summed E-state index contributed by atoms with van der Waals surface area (Å²) in [7, 11) is -4.47. The largest absolute Gasteiger partial charge is 1.00 e. The number of aliphatic hydroxyl groups is 6. The predicted octanol–water partition coefficient (Wildman–Crippen LogP) is -2.08. The van der Waals surface area contributed by atoms with Crippen LogP contribution in [0.15, 0.2) is 0 Å². The molecule has 222 valence electrons. The fourth-order valence-electron chi connectivity index (χ4n) is 2.45. The smallest absolute Gasteiger partial charge is 1.00 e. The summed E-state index contributed by atoms with van der Waals surface area (Å²) in [6, 6.07) is 0. The number of carbonyl (C=O) groups excluding carboxylic acids is 1. The minimum Gasteiger partial charge on any atom is -1.00 e. The summed E-state index contributed by atoms with van der Waals surface area (Å²) in [5, 5.41) is 50.6. The molecule has 0 aliphatic rings. The number of ether oxygens (including phenoxy) is 1. The standard InChI is InChI=1S/C15H30O7S.C4H10O4.C4H10O.Na.H/c1-2-3-4-5-6-7-8-9-10-11-12-21-23(19,20)22-15(18)14(17)13-16;5-1-3(7)4(8)2-6;1-3-5-4-2;;/h14,16-17H,2-13H2,1H3;3-8H,1-2H2;3-4H2,1-2H3;;/q;;;+1;-1. The maximum Gasteiger partial charge on any atom is 1.00 e. The minimum atomic E-state index is -4.47. The Bertz CT molecular complexity index is 563. The van der Waals surface area contributed by atoms with Gasteiger partial charge in [-0.2, -0.15) is 8.42 Å². The van der Waals surface area contributed by atoms with E-state index in [0.717, 1.165) is 32.5 Å². The van der Waals surface area contributed by atoms with E-state index in [1.807, 2.05) is 13.8 Å². The third-order valence-electron chi connectivity index (χ3n) is 4.58. The van der Waals surface area contributed by atoms with Crippen LogP contribution in [0.4, 0.5) is 0 Å². The van der Waals surface area contributed by atoms with Crippen molar-refractivity contribution in [2.24, 2.45) is 0 Å². The van der Waals surface area contributed by atoms with E-state index in [4.69, 9.17) is 35.4 Å². The zero-order valence-electron chi connectivity index (χ0n) is 24.1. The summed E-state index contributed by atoms with van der Waals surface area (Å²) in [5.41, 5.74) is 0. The van der Waals surface area contributed by atoms with Crippen molar-refractivity contribution >= 4 is 16.4 Å². The van der Waals surface area contributed by atoms with Crippen LogP contribution in [-0.2, 0) is 28.3 Å². The number of rotatable bonds is 20. The first-order chi connectivity index (χ1) is 17.1. The van der Waals surface area contributed by atoms with Gasteiger partial charge in [-0.1, -0.05) is 64.7 Å². The first kappa shape index (κ1) is 44.1. The molecule has 0 saturated carbocycles. The van der Waals surface area contributed by atoms with Crippen LogP contribution in [0.1, 0.15) is 86.4 Å². The van der Waals surface area contributed by atoms with Crippen molar-refractivity contribution in [3.63, 3.8) is 0 Å². The van der Waals surface area contributed by atoms with Gasteiger partial charge in [0.15, 0.2) is 6.10 Å². The molecule has 0 rings (SSSR count). The van der Waals surface area contributed by atoms with Crippen molar-refractivity contribution < 1.29 is 87.9 Å². The van der Waals surface area contributed by atoms with E-state index in [9.17, 15) is 13.2 Å². The predicted molar refractivity (Wildman–Crippen MR) is 135 cm³/mol. The van der Waals surface area contributed by atoms with E-state index in [1.165, 1.54) is 38.5 Å². The average Bonchev–Trinajstić information content (AvgIpc) is 2.86. The molecule has 3 unspecified atom stereocenters. The maximum absolute atomic E-state index is 11.3. The van der Waals surface area contributed by atoms with Crippen LogP contribution in [0, 0.1) is 0 Å². The Morgan fingerprint density at radius 3 is 1.46 bits per heavy atom. The quantitative estimate of drug-likeness (QED) is 0.0686. The average molecular weight is 575 g/mol. The summed E-state index contributed by atoms with van der Waals surface area (Å²) in [6.07, 6.45) is 6.76. The van der Waals surface area contributed by atoms with Crippen LogP contribution in [0.25, 0.3) is 0 Å². The van der Waals surface area contributed by atoms with Crippen LogP contribution < -0.4 is 29.6 Å². The molecule has 0 heterocycles. The van der Waals surface area contributed by atoms with E-state index in [0.29, 0.717) is 6.42 Å². The topological polar surface area (TPSA) is 200 Å². The fraction of sp³-hybridized carbons (Fsp3) is 0.957. The third-order valence-corrected chi connectivity index (χ3v) is 5.41.